The largest absolute Gasteiger partial charge is 0.336 e. The molecule has 5 nitrogen and oxygen atoms in total. The van der Waals surface area contributed by atoms with E-state index in [2.05, 4.69) is 9.97 Å². The van der Waals surface area contributed by atoms with E-state index < -0.39 is 5.41 Å². The van der Waals surface area contributed by atoms with Crippen LogP contribution in [0.15, 0.2) is 29.1 Å². The van der Waals surface area contributed by atoms with Crippen LogP contribution in [-0.2, 0) is 23.2 Å². The highest BCUT2D eigenvalue weighted by Crippen LogP contribution is 2.45. The summed E-state index contributed by atoms with van der Waals surface area (Å²) in [6.07, 6.45) is 3.33. The van der Waals surface area contributed by atoms with Gasteiger partial charge in [0.25, 0.3) is 5.56 Å². The minimum absolute atomic E-state index is 0.0781. The van der Waals surface area contributed by atoms with E-state index in [1.165, 1.54) is 0 Å². The highest BCUT2D eigenvalue weighted by Gasteiger charge is 2.48. The summed E-state index contributed by atoms with van der Waals surface area (Å²) in [6.45, 7) is 2.74. The summed E-state index contributed by atoms with van der Waals surface area (Å²) in [5.74, 6) is 0.737. The fourth-order valence-corrected chi connectivity index (χ4v) is 4.09. The number of rotatable bonds is 2. The quantitative estimate of drug-likeness (QED) is 0.898. The lowest BCUT2D eigenvalue weighted by Crippen LogP contribution is -2.52. The number of amides is 1. The van der Waals surface area contributed by atoms with Crippen LogP contribution in [0.4, 0.5) is 0 Å². The van der Waals surface area contributed by atoms with Gasteiger partial charge >= 0.3 is 0 Å². The molecule has 2 heterocycles. The molecule has 0 saturated heterocycles. The smallest absolute Gasteiger partial charge is 0.254 e. The van der Waals surface area contributed by atoms with Crippen molar-refractivity contribution >= 4 is 17.5 Å². The second-order valence-corrected chi connectivity index (χ2v) is 7.43. The van der Waals surface area contributed by atoms with Crippen LogP contribution in [0.2, 0.25) is 5.02 Å². The average molecular weight is 358 g/mol. The monoisotopic (exact) mass is 357 g/mol. The van der Waals surface area contributed by atoms with Gasteiger partial charge in [-0.25, -0.2) is 4.98 Å². The van der Waals surface area contributed by atoms with Gasteiger partial charge in [-0.3, -0.25) is 9.59 Å². The molecule has 25 heavy (non-hydrogen) atoms. The first-order valence-electron chi connectivity index (χ1n) is 8.64. The maximum absolute atomic E-state index is 13.3. The van der Waals surface area contributed by atoms with E-state index in [-0.39, 0.29) is 11.5 Å². The number of hydrogen-bond acceptors (Lipinski definition) is 3. The number of carbonyl (C=O) groups excluding carboxylic acids is 1. The van der Waals surface area contributed by atoms with Crippen molar-refractivity contribution in [3.05, 3.63) is 62.3 Å². The fraction of sp³-hybridized carbons (Fsp3) is 0.421. The first-order chi connectivity index (χ1) is 12.0. The van der Waals surface area contributed by atoms with Gasteiger partial charge in [0.05, 0.1) is 17.7 Å². The third-order valence-electron chi connectivity index (χ3n) is 5.49. The molecule has 1 fully saturated rings. The van der Waals surface area contributed by atoms with Crippen LogP contribution in [0, 0.1) is 6.92 Å². The van der Waals surface area contributed by atoms with Crippen LogP contribution in [-0.4, -0.2) is 27.3 Å². The van der Waals surface area contributed by atoms with Crippen LogP contribution >= 0.6 is 11.6 Å². The second kappa shape index (κ2) is 5.99. The van der Waals surface area contributed by atoms with Gasteiger partial charge in [-0.05, 0) is 43.9 Å². The Balaban J connectivity index is 1.64. The summed E-state index contributed by atoms with van der Waals surface area (Å²) < 4.78 is 0. The van der Waals surface area contributed by atoms with Crippen LogP contribution in [0.1, 0.15) is 41.9 Å². The molecule has 0 unspecified atom stereocenters. The first kappa shape index (κ1) is 16.3. The highest BCUT2D eigenvalue weighted by atomic mass is 35.5. The summed E-state index contributed by atoms with van der Waals surface area (Å²) in [5, 5.41) is 0.677. The van der Waals surface area contributed by atoms with Crippen molar-refractivity contribution in [3.8, 4) is 0 Å². The van der Waals surface area contributed by atoms with Crippen LogP contribution in [0.5, 0.6) is 0 Å². The lowest BCUT2D eigenvalue weighted by molar-refractivity contribution is -0.142. The van der Waals surface area contributed by atoms with E-state index in [4.69, 9.17) is 11.6 Å². The predicted octanol–water partition coefficient (Wildman–Crippen LogP) is 2.74. The number of hydrogen-bond donors (Lipinski definition) is 1. The average Bonchev–Trinajstić information content (AvgIpc) is 2.54. The van der Waals surface area contributed by atoms with Crippen LogP contribution in [0.25, 0.3) is 0 Å². The minimum Gasteiger partial charge on any atom is -0.336 e. The maximum Gasteiger partial charge on any atom is 0.254 e. The molecule has 0 spiro atoms. The molecule has 130 valence electrons. The van der Waals surface area contributed by atoms with Crippen molar-refractivity contribution in [3.63, 3.8) is 0 Å². The van der Waals surface area contributed by atoms with E-state index in [1.54, 1.807) is 6.92 Å². The molecule has 2 aliphatic rings. The zero-order chi connectivity index (χ0) is 17.6. The molecule has 1 aromatic carbocycles. The standard InChI is InChI=1S/C19H20ClN3O2/c1-12-21-16-11-23(10-7-15(16)17(24)22-12)18(25)19(8-2-9-19)13-3-5-14(20)6-4-13/h3-6H,2,7-11H2,1H3,(H,21,22,24). The molecule has 4 rings (SSSR count). The Kier molecular flexibility index (Phi) is 3.91. The third-order valence-corrected chi connectivity index (χ3v) is 5.74. The van der Waals surface area contributed by atoms with Crippen molar-refractivity contribution in [2.75, 3.05) is 6.54 Å². The van der Waals surface area contributed by atoms with Gasteiger partial charge in [0.1, 0.15) is 5.82 Å². The Labute approximate surface area is 151 Å². The molecule has 1 amide bonds. The van der Waals surface area contributed by atoms with Crippen LogP contribution in [0.3, 0.4) is 0 Å². The molecule has 0 bridgehead atoms. The summed E-state index contributed by atoms with van der Waals surface area (Å²) >= 11 is 6.00. The van der Waals surface area contributed by atoms with Gasteiger partial charge in [-0.1, -0.05) is 30.2 Å². The molecular formula is C19H20ClN3O2. The molecule has 0 radical (unpaired) electrons. The molecule has 6 heteroatoms. The predicted molar refractivity (Wildman–Crippen MR) is 95.7 cm³/mol. The number of aromatic nitrogens is 2. The number of nitrogens with one attached hydrogen (secondary N) is 1. The highest BCUT2D eigenvalue weighted by molar-refractivity contribution is 6.30. The number of H-pyrrole nitrogens is 1. The maximum atomic E-state index is 13.3. The number of carbonyl (C=O) groups is 1. The SMILES string of the molecule is Cc1nc2c(c(=O)[nH]1)CCN(C(=O)C1(c3ccc(Cl)cc3)CCC1)C2. The lowest BCUT2D eigenvalue weighted by Gasteiger charge is -2.44. The van der Waals surface area contributed by atoms with Crippen molar-refractivity contribution in [1.82, 2.24) is 14.9 Å². The number of halogens is 1. The van der Waals surface area contributed by atoms with Gasteiger partial charge in [0.2, 0.25) is 5.91 Å². The van der Waals surface area contributed by atoms with Gasteiger partial charge in [0, 0.05) is 17.1 Å². The Hall–Kier alpha value is -2.14. The van der Waals surface area contributed by atoms with Gasteiger partial charge in [-0.15, -0.1) is 0 Å². The topological polar surface area (TPSA) is 66.1 Å². The zero-order valence-corrected chi connectivity index (χ0v) is 14.9. The van der Waals surface area contributed by atoms with E-state index in [1.807, 2.05) is 29.2 Å². The van der Waals surface area contributed by atoms with E-state index in [0.29, 0.717) is 35.9 Å². The second-order valence-electron chi connectivity index (χ2n) is 7.00. The Morgan fingerprint density at radius 1 is 1.28 bits per heavy atom. The van der Waals surface area contributed by atoms with E-state index in [9.17, 15) is 9.59 Å². The molecule has 0 atom stereocenters. The lowest BCUT2D eigenvalue weighted by atomic mass is 9.63. The first-order valence-corrected chi connectivity index (χ1v) is 9.01. The fourth-order valence-electron chi connectivity index (χ4n) is 3.97. The Morgan fingerprint density at radius 2 is 2.00 bits per heavy atom. The van der Waals surface area contributed by atoms with E-state index in [0.717, 1.165) is 30.5 Å². The van der Waals surface area contributed by atoms with Crippen LogP contribution < -0.4 is 5.56 Å². The summed E-state index contributed by atoms with van der Waals surface area (Å²) in [6, 6.07) is 7.62. The van der Waals surface area contributed by atoms with E-state index >= 15 is 0 Å². The van der Waals surface area contributed by atoms with Gasteiger partial charge < -0.3 is 9.88 Å². The van der Waals surface area contributed by atoms with Crippen molar-refractivity contribution in [1.29, 1.82) is 0 Å². The minimum atomic E-state index is -0.446. The normalized spacial score (nSPS) is 18.4. The summed E-state index contributed by atoms with van der Waals surface area (Å²) in [4.78, 5) is 34.5. The Bertz CT molecular complexity index is 885. The number of aromatic amines is 1. The number of benzene rings is 1. The number of aryl methyl sites for hydroxylation is 1. The van der Waals surface area contributed by atoms with Gasteiger partial charge in [0.15, 0.2) is 0 Å². The van der Waals surface area contributed by atoms with Crippen molar-refractivity contribution < 1.29 is 4.79 Å². The van der Waals surface area contributed by atoms with Crippen molar-refractivity contribution in [2.24, 2.45) is 0 Å². The third kappa shape index (κ3) is 2.67. The number of nitrogens with zero attached hydrogens (tertiary/aromatic N) is 2. The molecular weight excluding hydrogens is 338 g/mol. The molecule has 1 aliphatic heterocycles. The zero-order valence-electron chi connectivity index (χ0n) is 14.1. The molecule has 1 aliphatic carbocycles. The molecule has 1 N–H and O–H groups in total. The van der Waals surface area contributed by atoms with Crippen molar-refractivity contribution in [2.45, 2.75) is 44.6 Å². The molecule has 2 aromatic rings. The summed E-state index contributed by atoms with van der Waals surface area (Å²) in [5.41, 5.74) is 1.95. The van der Waals surface area contributed by atoms with Gasteiger partial charge in [-0.2, -0.15) is 0 Å². The summed E-state index contributed by atoms with van der Waals surface area (Å²) in [7, 11) is 0. The molecule has 1 aromatic heterocycles. The Morgan fingerprint density at radius 3 is 2.64 bits per heavy atom. The number of fused-ring (bicyclic) bond motifs is 1. The molecule has 1 saturated carbocycles.